The maximum absolute atomic E-state index is 12.9. The van der Waals surface area contributed by atoms with Crippen LogP contribution in [0.2, 0.25) is 0 Å². The molecule has 1 saturated carbocycles. The van der Waals surface area contributed by atoms with Crippen LogP contribution in [0.15, 0.2) is 0 Å². The van der Waals surface area contributed by atoms with Crippen molar-refractivity contribution in [1.29, 1.82) is 0 Å². The van der Waals surface area contributed by atoms with E-state index in [1.807, 2.05) is 20.8 Å². The minimum Gasteiger partial charge on any atom is -0.379 e. The first-order valence-corrected chi connectivity index (χ1v) is 8.36. The van der Waals surface area contributed by atoms with Crippen LogP contribution in [-0.4, -0.2) is 17.1 Å². The van der Waals surface area contributed by atoms with Crippen LogP contribution < -0.4 is 0 Å². The molecule has 1 aliphatic rings. The van der Waals surface area contributed by atoms with Crippen LogP contribution in [0.4, 0.5) is 0 Å². The van der Waals surface area contributed by atoms with Gasteiger partial charge in [-0.25, -0.2) is 0 Å². The smallest absolute Gasteiger partial charge is 0.304 e. The topological polar surface area (TPSA) is 46.5 Å². The van der Waals surface area contributed by atoms with Crippen molar-refractivity contribution in [3.8, 4) is 11.6 Å². The molecule has 0 aromatic rings. The van der Waals surface area contributed by atoms with E-state index in [9.17, 15) is 9.67 Å². The molecule has 0 amide bonds. The van der Waals surface area contributed by atoms with Gasteiger partial charge in [0.2, 0.25) is 0 Å². The second kappa shape index (κ2) is 5.78. The highest BCUT2D eigenvalue weighted by molar-refractivity contribution is 7.65. The Labute approximate surface area is 111 Å². The molecule has 1 N–H and O–H groups in total. The summed E-state index contributed by atoms with van der Waals surface area (Å²) >= 11 is 0. The van der Waals surface area contributed by atoms with Crippen LogP contribution in [0.25, 0.3) is 0 Å². The second-order valence-electron chi connectivity index (χ2n) is 6.00. The molecule has 1 rings (SSSR count). The maximum atomic E-state index is 12.9. The molecule has 0 unspecified atom stereocenters. The lowest BCUT2D eigenvalue weighted by molar-refractivity contribution is 0.0665. The molecule has 3 nitrogen and oxygen atoms in total. The molecule has 0 aromatic heterocycles. The predicted octanol–water partition coefficient (Wildman–Crippen LogP) is 3.96. The third kappa shape index (κ3) is 3.85. The highest BCUT2D eigenvalue weighted by Crippen LogP contribution is 2.62. The number of hydrogen-bond donors (Lipinski definition) is 1. The van der Waals surface area contributed by atoms with Gasteiger partial charge in [0.15, 0.2) is 5.34 Å². The Morgan fingerprint density at radius 2 is 1.83 bits per heavy atom. The SMILES string of the molecule is CCO[P@](=O)(C#CC(C)(C)C)C1(O)CCCCC1. The van der Waals surface area contributed by atoms with Gasteiger partial charge in [0.05, 0.1) is 6.61 Å². The summed E-state index contributed by atoms with van der Waals surface area (Å²) in [5, 5.41) is 9.39. The Morgan fingerprint density at radius 1 is 1.28 bits per heavy atom. The van der Waals surface area contributed by atoms with E-state index in [-0.39, 0.29) is 5.41 Å². The Morgan fingerprint density at radius 3 is 2.28 bits per heavy atom. The normalized spacial score (nSPS) is 22.7. The van der Waals surface area contributed by atoms with Crippen molar-refractivity contribution in [2.75, 3.05) is 6.61 Å². The summed E-state index contributed by atoms with van der Waals surface area (Å²) in [4.78, 5) is 0. The van der Waals surface area contributed by atoms with Crippen molar-refractivity contribution in [3.63, 3.8) is 0 Å². The summed E-state index contributed by atoms with van der Waals surface area (Å²) < 4.78 is 18.3. The molecule has 0 heterocycles. The van der Waals surface area contributed by atoms with Crippen LogP contribution in [0.5, 0.6) is 0 Å². The van der Waals surface area contributed by atoms with E-state index >= 15 is 0 Å². The Bertz CT molecular complexity index is 378. The third-order valence-electron chi connectivity index (χ3n) is 3.09. The van der Waals surface area contributed by atoms with E-state index < -0.39 is 12.7 Å². The minimum absolute atomic E-state index is 0.238. The van der Waals surface area contributed by atoms with Crippen molar-refractivity contribution in [3.05, 3.63) is 0 Å². The molecule has 0 aliphatic heterocycles. The first-order valence-electron chi connectivity index (χ1n) is 6.74. The lowest BCUT2D eigenvalue weighted by atomic mass is 9.97. The van der Waals surface area contributed by atoms with E-state index in [0.29, 0.717) is 19.4 Å². The van der Waals surface area contributed by atoms with Crippen LogP contribution in [0.1, 0.15) is 59.8 Å². The molecule has 1 fully saturated rings. The largest absolute Gasteiger partial charge is 0.379 e. The van der Waals surface area contributed by atoms with E-state index in [1.165, 1.54) is 0 Å². The molecule has 104 valence electrons. The van der Waals surface area contributed by atoms with E-state index in [2.05, 4.69) is 11.6 Å². The van der Waals surface area contributed by atoms with E-state index in [0.717, 1.165) is 19.3 Å². The zero-order valence-electron chi connectivity index (χ0n) is 12.0. The highest BCUT2D eigenvalue weighted by Gasteiger charge is 2.47. The monoisotopic (exact) mass is 272 g/mol. The Kier molecular flexibility index (Phi) is 5.06. The predicted molar refractivity (Wildman–Crippen MR) is 74.5 cm³/mol. The molecule has 1 atom stereocenters. The van der Waals surface area contributed by atoms with Gasteiger partial charge < -0.3 is 9.63 Å². The summed E-state index contributed by atoms with van der Waals surface area (Å²) in [5.41, 5.74) is 2.54. The standard InChI is InChI=1S/C14H25O3P/c1-5-17-18(16,12-11-13(2,3)4)14(15)9-7-6-8-10-14/h15H,5-10H2,1-4H3/t18-/m1/s1. The third-order valence-corrected chi connectivity index (χ3v) is 5.66. The molecule has 0 bridgehead atoms. The van der Waals surface area contributed by atoms with Gasteiger partial charge in [0.1, 0.15) is 0 Å². The van der Waals surface area contributed by atoms with Gasteiger partial charge in [0, 0.05) is 5.41 Å². The average Bonchev–Trinajstić information content (AvgIpc) is 2.27. The van der Waals surface area contributed by atoms with Gasteiger partial charge >= 0.3 is 7.37 Å². The van der Waals surface area contributed by atoms with Crippen molar-refractivity contribution >= 4 is 7.37 Å². The zero-order valence-corrected chi connectivity index (χ0v) is 12.8. The Balaban J connectivity index is 3.05. The van der Waals surface area contributed by atoms with Crippen molar-refractivity contribution in [2.24, 2.45) is 5.41 Å². The summed E-state index contributed by atoms with van der Waals surface area (Å²) in [6.45, 7) is 7.99. The molecule has 18 heavy (non-hydrogen) atoms. The van der Waals surface area contributed by atoms with Crippen molar-refractivity contribution in [1.82, 2.24) is 0 Å². The molecule has 0 radical (unpaired) electrons. The second-order valence-corrected chi connectivity index (χ2v) is 8.42. The molecular weight excluding hydrogens is 247 g/mol. The van der Waals surface area contributed by atoms with Crippen LogP contribution in [0.3, 0.4) is 0 Å². The molecule has 0 spiro atoms. The van der Waals surface area contributed by atoms with Gasteiger partial charge in [-0.2, -0.15) is 0 Å². The highest BCUT2D eigenvalue weighted by atomic mass is 31.2. The maximum Gasteiger partial charge on any atom is 0.304 e. The lowest BCUT2D eigenvalue weighted by Crippen LogP contribution is -2.31. The fourth-order valence-electron chi connectivity index (χ4n) is 2.09. The molecule has 4 heteroatoms. The van der Waals surface area contributed by atoms with Crippen molar-refractivity contribution < 1.29 is 14.2 Å². The summed E-state index contributed by atoms with van der Waals surface area (Å²) in [7, 11) is -3.31. The summed E-state index contributed by atoms with van der Waals surface area (Å²) in [6, 6.07) is 0. The first kappa shape index (κ1) is 15.8. The molecule has 1 aliphatic carbocycles. The van der Waals surface area contributed by atoms with Crippen LogP contribution in [-0.2, 0) is 9.09 Å². The fourth-order valence-corrected chi connectivity index (χ4v) is 4.36. The van der Waals surface area contributed by atoms with Crippen LogP contribution in [0, 0.1) is 17.0 Å². The first-order chi connectivity index (χ1) is 8.22. The summed E-state index contributed by atoms with van der Waals surface area (Å²) in [6.07, 6.45) is 3.93. The van der Waals surface area contributed by atoms with Crippen molar-refractivity contribution in [2.45, 2.75) is 65.1 Å². The molecule has 0 aromatic carbocycles. The molecule has 0 saturated heterocycles. The molecular formula is C14H25O3P. The summed E-state index contributed by atoms with van der Waals surface area (Å²) in [5.74, 6) is 2.97. The van der Waals surface area contributed by atoms with Gasteiger partial charge in [-0.1, -0.05) is 12.3 Å². The van der Waals surface area contributed by atoms with Gasteiger partial charge in [-0.15, -0.1) is 0 Å². The number of hydrogen-bond acceptors (Lipinski definition) is 3. The quantitative estimate of drug-likeness (QED) is 0.625. The Hall–Kier alpha value is -0.290. The zero-order chi connectivity index (χ0) is 13.9. The van der Waals surface area contributed by atoms with Gasteiger partial charge in [0.25, 0.3) is 0 Å². The number of rotatable bonds is 3. The van der Waals surface area contributed by atoms with E-state index in [4.69, 9.17) is 4.52 Å². The average molecular weight is 272 g/mol. The van der Waals surface area contributed by atoms with Crippen LogP contribution >= 0.6 is 7.37 Å². The minimum atomic E-state index is -3.31. The number of aliphatic hydroxyl groups is 1. The lowest BCUT2D eigenvalue weighted by Gasteiger charge is -2.35. The van der Waals surface area contributed by atoms with Gasteiger partial charge in [-0.05, 0) is 59.0 Å². The van der Waals surface area contributed by atoms with E-state index in [1.54, 1.807) is 6.92 Å². The van der Waals surface area contributed by atoms with Gasteiger partial charge in [-0.3, -0.25) is 4.57 Å². The fraction of sp³-hybridized carbons (Fsp3) is 0.857.